The number of thiophene rings is 1. The minimum absolute atomic E-state index is 0.251. The standard InChI is InChI=1S/C20H17BrN2O3S2/c1-3-26-20(25)16-15(12-6-8-13(21)9-7-12)11-28-19(16)23-17(24)14-5-4-10-22-18(14)27-2/h4-11H,3H2,1-2H3,(H,23,24). The molecular formula is C20H17BrN2O3S2. The maximum atomic E-state index is 12.8. The third kappa shape index (κ3) is 4.45. The number of benzene rings is 1. The molecule has 0 fully saturated rings. The first kappa shape index (κ1) is 20.6. The Labute approximate surface area is 179 Å². The predicted octanol–water partition coefficient (Wildman–Crippen LogP) is 5.72. The van der Waals surface area contributed by atoms with E-state index >= 15 is 0 Å². The number of pyridine rings is 1. The van der Waals surface area contributed by atoms with E-state index in [0.717, 1.165) is 15.6 Å². The van der Waals surface area contributed by atoms with Crippen molar-refractivity contribution in [3.05, 3.63) is 63.6 Å². The van der Waals surface area contributed by atoms with Gasteiger partial charge in [-0.3, -0.25) is 4.79 Å². The SMILES string of the molecule is CCOC(=O)c1c(-c2ccc(Br)cc2)csc1NC(=O)c1cccnc1SC. The summed E-state index contributed by atoms with van der Waals surface area (Å²) in [6.45, 7) is 2.00. The number of carbonyl (C=O) groups is 2. The number of ether oxygens (including phenoxy) is 1. The molecule has 1 aromatic carbocycles. The van der Waals surface area contributed by atoms with Crippen LogP contribution < -0.4 is 5.32 Å². The largest absolute Gasteiger partial charge is 0.462 e. The molecule has 144 valence electrons. The van der Waals surface area contributed by atoms with Gasteiger partial charge in [-0.05, 0) is 43.0 Å². The molecule has 1 N–H and O–H groups in total. The van der Waals surface area contributed by atoms with Crippen LogP contribution >= 0.6 is 39.0 Å². The van der Waals surface area contributed by atoms with Crippen LogP contribution in [0, 0.1) is 0 Å². The van der Waals surface area contributed by atoms with Crippen molar-refractivity contribution in [3.63, 3.8) is 0 Å². The van der Waals surface area contributed by atoms with E-state index < -0.39 is 5.97 Å². The first-order valence-electron chi connectivity index (χ1n) is 8.40. The number of amides is 1. The molecule has 5 nitrogen and oxygen atoms in total. The quantitative estimate of drug-likeness (QED) is 0.363. The van der Waals surface area contributed by atoms with Crippen molar-refractivity contribution in [1.82, 2.24) is 4.98 Å². The van der Waals surface area contributed by atoms with E-state index in [0.29, 0.717) is 21.2 Å². The Bertz CT molecular complexity index is 1000. The molecule has 0 atom stereocenters. The Hall–Kier alpha value is -2.16. The molecular weight excluding hydrogens is 460 g/mol. The van der Waals surface area contributed by atoms with Gasteiger partial charge in [0.2, 0.25) is 0 Å². The van der Waals surface area contributed by atoms with Gasteiger partial charge in [0.15, 0.2) is 0 Å². The second-order valence-electron chi connectivity index (χ2n) is 5.60. The van der Waals surface area contributed by atoms with Crippen LogP contribution in [0.2, 0.25) is 0 Å². The summed E-state index contributed by atoms with van der Waals surface area (Å²) < 4.78 is 6.18. The van der Waals surface area contributed by atoms with Crippen molar-refractivity contribution in [1.29, 1.82) is 0 Å². The van der Waals surface area contributed by atoms with Crippen LogP contribution in [0.25, 0.3) is 11.1 Å². The molecule has 2 heterocycles. The van der Waals surface area contributed by atoms with Gasteiger partial charge in [-0.1, -0.05) is 28.1 Å². The minimum atomic E-state index is -0.465. The van der Waals surface area contributed by atoms with Gasteiger partial charge < -0.3 is 10.1 Å². The summed E-state index contributed by atoms with van der Waals surface area (Å²) >= 11 is 6.10. The number of carbonyl (C=O) groups excluding carboxylic acids is 2. The highest BCUT2D eigenvalue weighted by Gasteiger charge is 2.24. The third-order valence-electron chi connectivity index (χ3n) is 3.86. The number of esters is 1. The lowest BCUT2D eigenvalue weighted by Gasteiger charge is -2.10. The number of thioether (sulfide) groups is 1. The van der Waals surface area contributed by atoms with E-state index in [9.17, 15) is 9.59 Å². The Morgan fingerprint density at radius 3 is 2.68 bits per heavy atom. The van der Waals surface area contributed by atoms with E-state index in [1.165, 1.54) is 23.1 Å². The number of nitrogens with zero attached hydrogens (tertiary/aromatic N) is 1. The number of nitrogens with one attached hydrogen (secondary N) is 1. The Morgan fingerprint density at radius 1 is 1.25 bits per heavy atom. The van der Waals surface area contributed by atoms with Gasteiger partial charge in [0.25, 0.3) is 5.91 Å². The zero-order valence-corrected chi connectivity index (χ0v) is 18.4. The predicted molar refractivity (Wildman–Crippen MR) is 117 cm³/mol. The van der Waals surface area contributed by atoms with Crippen LogP contribution in [0.3, 0.4) is 0 Å². The second-order valence-corrected chi connectivity index (χ2v) is 8.19. The summed E-state index contributed by atoms with van der Waals surface area (Å²) in [6.07, 6.45) is 3.50. The first-order chi connectivity index (χ1) is 13.5. The van der Waals surface area contributed by atoms with Gasteiger partial charge in [0, 0.05) is 21.6 Å². The average molecular weight is 477 g/mol. The molecule has 0 aliphatic heterocycles. The summed E-state index contributed by atoms with van der Waals surface area (Å²) in [5.74, 6) is -0.777. The van der Waals surface area contributed by atoms with Crippen LogP contribution in [-0.4, -0.2) is 29.7 Å². The molecule has 0 bridgehead atoms. The fraction of sp³-hybridized carbons (Fsp3) is 0.150. The molecule has 0 saturated heterocycles. The number of hydrogen-bond acceptors (Lipinski definition) is 6. The van der Waals surface area contributed by atoms with Crippen molar-refractivity contribution >= 4 is 55.9 Å². The van der Waals surface area contributed by atoms with Crippen molar-refractivity contribution in [3.8, 4) is 11.1 Å². The summed E-state index contributed by atoms with van der Waals surface area (Å²) in [5, 5.41) is 5.79. The summed E-state index contributed by atoms with van der Waals surface area (Å²) in [4.78, 5) is 29.7. The average Bonchev–Trinajstić information content (AvgIpc) is 3.12. The monoisotopic (exact) mass is 476 g/mol. The zero-order valence-electron chi connectivity index (χ0n) is 15.2. The highest BCUT2D eigenvalue weighted by Crippen LogP contribution is 2.37. The molecule has 3 aromatic rings. The van der Waals surface area contributed by atoms with Crippen molar-refractivity contribution in [2.75, 3.05) is 18.2 Å². The number of rotatable bonds is 6. The molecule has 28 heavy (non-hydrogen) atoms. The molecule has 3 rings (SSSR count). The van der Waals surface area contributed by atoms with E-state index in [4.69, 9.17) is 4.74 Å². The van der Waals surface area contributed by atoms with Crippen LogP contribution in [0.1, 0.15) is 27.6 Å². The Morgan fingerprint density at radius 2 is 2.00 bits per heavy atom. The van der Waals surface area contributed by atoms with Crippen LogP contribution in [0.15, 0.2) is 57.5 Å². The number of halogens is 1. The maximum absolute atomic E-state index is 12.8. The van der Waals surface area contributed by atoms with Crippen molar-refractivity contribution in [2.45, 2.75) is 11.9 Å². The minimum Gasteiger partial charge on any atom is -0.462 e. The smallest absolute Gasteiger partial charge is 0.341 e. The molecule has 1 amide bonds. The maximum Gasteiger partial charge on any atom is 0.341 e. The lowest BCUT2D eigenvalue weighted by molar-refractivity contribution is 0.0529. The van der Waals surface area contributed by atoms with E-state index in [1.807, 2.05) is 35.9 Å². The summed E-state index contributed by atoms with van der Waals surface area (Å²) in [7, 11) is 0. The van der Waals surface area contributed by atoms with Crippen molar-refractivity contribution < 1.29 is 14.3 Å². The second kappa shape index (κ2) is 9.36. The Balaban J connectivity index is 2.00. The fourth-order valence-corrected chi connectivity index (χ4v) is 4.36. The van der Waals surface area contributed by atoms with E-state index in [1.54, 1.807) is 25.3 Å². The first-order valence-corrected chi connectivity index (χ1v) is 11.3. The fourth-order valence-electron chi connectivity index (χ4n) is 2.59. The topological polar surface area (TPSA) is 68.3 Å². The van der Waals surface area contributed by atoms with Gasteiger partial charge in [0.1, 0.15) is 15.6 Å². The van der Waals surface area contributed by atoms with Gasteiger partial charge in [0.05, 0.1) is 12.2 Å². The van der Waals surface area contributed by atoms with Gasteiger partial charge >= 0.3 is 5.97 Å². The molecule has 0 unspecified atom stereocenters. The van der Waals surface area contributed by atoms with Gasteiger partial charge in [-0.15, -0.1) is 23.1 Å². The molecule has 0 aliphatic rings. The lowest BCUT2D eigenvalue weighted by atomic mass is 10.0. The normalized spacial score (nSPS) is 10.5. The molecule has 0 saturated carbocycles. The Kier molecular flexibility index (Phi) is 6.88. The highest BCUT2D eigenvalue weighted by atomic mass is 79.9. The van der Waals surface area contributed by atoms with E-state index in [-0.39, 0.29) is 12.5 Å². The molecule has 2 aromatic heterocycles. The lowest BCUT2D eigenvalue weighted by Crippen LogP contribution is -2.16. The molecule has 8 heteroatoms. The van der Waals surface area contributed by atoms with E-state index in [2.05, 4.69) is 26.2 Å². The molecule has 0 spiro atoms. The van der Waals surface area contributed by atoms with Gasteiger partial charge in [-0.25, -0.2) is 9.78 Å². The van der Waals surface area contributed by atoms with Crippen LogP contribution in [-0.2, 0) is 4.74 Å². The third-order valence-corrected chi connectivity index (χ3v) is 6.00. The number of anilines is 1. The zero-order chi connectivity index (χ0) is 20.1. The van der Waals surface area contributed by atoms with Crippen molar-refractivity contribution in [2.24, 2.45) is 0 Å². The highest BCUT2D eigenvalue weighted by molar-refractivity contribution is 9.10. The summed E-state index contributed by atoms with van der Waals surface area (Å²) in [5.41, 5.74) is 2.41. The number of aromatic nitrogens is 1. The molecule has 0 aliphatic carbocycles. The summed E-state index contributed by atoms with van der Waals surface area (Å²) in [6, 6.07) is 11.0. The van der Waals surface area contributed by atoms with Gasteiger partial charge in [-0.2, -0.15) is 0 Å². The van der Waals surface area contributed by atoms with Crippen LogP contribution in [0.5, 0.6) is 0 Å². The van der Waals surface area contributed by atoms with Crippen LogP contribution in [0.4, 0.5) is 5.00 Å². The number of hydrogen-bond donors (Lipinski definition) is 1. The molecule has 0 radical (unpaired) electrons.